The first kappa shape index (κ1) is 33.1. The Morgan fingerprint density at radius 2 is 0.946 bits per heavy atom. The summed E-state index contributed by atoms with van der Waals surface area (Å²) >= 11 is 1.89. The van der Waals surface area contributed by atoms with Crippen molar-refractivity contribution in [2.45, 2.75) is 38.5 Å². The Bertz CT molecular complexity index is 3030. The molecule has 0 unspecified atom stereocenters. The van der Waals surface area contributed by atoms with E-state index < -0.39 is 0 Å². The quantitative estimate of drug-likeness (QED) is 0.170. The molecule has 0 spiro atoms. The van der Waals surface area contributed by atoms with E-state index in [0.29, 0.717) is 0 Å². The minimum Gasteiger partial charge on any atom is -0.310 e. The Hall–Kier alpha value is -6.22. The van der Waals surface area contributed by atoms with Crippen molar-refractivity contribution >= 4 is 48.6 Å². The van der Waals surface area contributed by atoms with Crippen LogP contribution in [0.5, 0.6) is 0 Å². The molecular weight excluding hydrogens is 695 g/mol. The molecule has 0 radical (unpaired) electrons. The highest BCUT2D eigenvalue weighted by Crippen LogP contribution is 2.54. The standard InChI is InChI=1S/C54H41NS/c1-53(2)47-23-8-5-16-41(47)43-31-30-38(33-49(43)53)55(36-28-26-34(27-29-36)40-20-13-22-46-44-18-7-10-25-50(44)56-52(40)46)37-15-11-14-35(32-37)39-19-12-21-45-42-17-6-9-24-48(42)54(3,4)51(39)45/h5-33H,1-4H3. The molecule has 11 rings (SSSR count). The summed E-state index contributed by atoms with van der Waals surface area (Å²) in [5, 5.41) is 2.65. The average molecular weight is 736 g/mol. The second-order valence-electron chi connectivity index (χ2n) is 16.5. The van der Waals surface area contributed by atoms with Gasteiger partial charge in [0.05, 0.1) is 0 Å². The van der Waals surface area contributed by atoms with Crippen molar-refractivity contribution in [3.63, 3.8) is 0 Å². The van der Waals surface area contributed by atoms with E-state index in [2.05, 4.69) is 209 Å². The topological polar surface area (TPSA) is 3.24 Å². The van der Waals surface area contributed by atoms with E-state index in [1.54, 1.807) is 0 Å². The van der Waals surface area contributed by atoms with E-state index in [0.717, 1.165) is 17.1 Å². The maximum Gasteiger partial charge on any atom is 0.0467 e. The van der Waals surface area contributed by atoms with Gasteiger partial charge in [-0.25, -0.2) is 0 Å². The van der Waals surface area contributed by atoms with E-state index in [9.17, 15) is 0 Å². The van der Waals surface area contributed by atoms with Gasteiger partial charge in [-0.1, -0.05) is 161 Å². The minimum absolute atomic E-state index is 0.104. The van der Waals surface area contributed by atoms with Gasteiger partial charge >= 0.3 is 0 Å². The predicted molar refractivity (Wildman–Crippen MR) is 240 cm³/mol. The summed E-state index contributed by atoms with van der Waals surface area (Å²) in [6.45, 7) is 9.49. The van der Waals surface area contributed by atoms with Crippen LogP contribution < -0.4 is 4.90 Å². The molecule has 0 fully saturated rings. The molecule has 2 aliphatic carbocycles. The number of hydrogen-bond acceptors (Lipinski definition) is 2. The van der Waals surface area contributed by atoms with E-state index in [4.69, 9.17) is 0 Å². The molecule has 8 aromatic carbocycles. The smallest absolute Gasteiger partial charge is 0.0467 e. The number of rotatable bonds is 5. The first-order chi connectivity index (χ1) is 27.3. The molecule has 1 heterocycles. The maximum absolute atomic E-state index is 2.45. The predicted octanol–water partition coefficient (Wildman–Crippen LogP) is 15.5. The number of thiophene rings is 1. The van der Waals surface area contributed by atoms with Gasteiger partial charge in [0.25, 0.3) is 0 Å². The third-order valence-corrected chi connectivity index (χ3v) is 13.9. The van der Waals surface area contributed by atoms with Crippen molar-refractivity contribution in [2.24, 2.45) is 0 Å². The lowest BCUT2D eigenvalue weighted by molar-refractivity contribution is 0.660. The molecule has 0 saturated heterocycles. The molecule has 9 aromatic rings. The third-order valence-electron chi connectivity index (χ3n) is 12.7. The van der Waals surface area contributed by atoms with Crippen LogP contribution in [-0.2, 0) is 10.8 Å². The van der Waals surface area contributed by atoms with Gasteiger partial charge in [-0.05, 0) is 109 Å². The SMILES string of the molecule is CC1(C)c2ccccc2-c2ccc(N(c3ccc(-c4cccc5c4sc4ccccc45)cc3)c3cccc(-c4cccc5c4C(C)(C)c4ccccc4-5)c3)cc21. The summed E-state index contributed by atoms with van der Waals surface area (Å²) in [4.78, 5) is 2.45. The molecule has 268 valence electrons. The summed E-state index contributed by atoms with van der Waals surface area (Å²) in [7, 11) is 0. The van der Waals surface area contributed by atoms with Crippen LogP contribution >= 0.6 is 11.3 Å². The minimum atomic E-state index is -0.105. The van der Waals surface area contributed by atoms with Gasteiger partial charge in [0.2, 0.25) is 0 Å². The van der Waals surface area contributed by atoms with Gasteiger partial charge in [-0.3, -0.25) is 0 Å². The van der Waals surface area contributed by atoms with Crippen LogP contribution in [0.4, 0.5) is 17.1 Å². The highest BCUT2D eigenvalue weighted by Gasteiger charge is 2.38. The van der Waals surface area contributed by atoms with Crippen LogP contribution in [0.3, 0.4) is 0 Å². The van der Waals surface area contributed by atoms with Gasteiger partial charge < -0.3 is 4.90 Å². The second-order valence-corrected chi connectivity index (χ2v) is 17.6. The summed E-state index contributed by atoms with van der Waals surface area (Å²) in [6, 6.07) is 65.7. The zero-order chi connectivity index (χ0) is 37.8. The molecule has 2 aliphatic rings. The lowest BCUT2D eigenvalue weighted by Crippen LogP contribution is -2.17. The van der Waals surface area contributed by atoms with Crippen molar-refractivity contribution in [3.8, 4) is 44.5 Å². The Morgan fingerprint density at radius 1 is 0.375 bits per heavy atom. The van der Waals surface area contributed by atoms with Gasteiger partial charge in [0.1, 0.15) is 0 Å². The van der Waals surface area contributed by atoms with Crippen molar-refractivity contribution in [3.05, 3.63) is 198 Å². The van der Waals surface area contributed by atoms with Crippen molar-refractivity contribution in [1.82, 2.24) is 0 Å². The number of benzene rings is 8. The highest BCUT2D eigenvalue weighted by molar-refractivity contribution is 7.26. The molecule has 56 heavy (non-hydrogen) atoms. The number of nitrogens with zero attached hydrogens (tertiary/aromatic N) is 1. The normalized spacial score (nSPS) is 14.4. The zero-order valence-corrected chi connectivity index (χ0v) is 32.9. The summed E-state index contributed by atoms with van der Waals surface area (Å²) in [6.07, 6.45) is 0. The molecular formula is C54H41NS. The second kappa shape index (κ2) is 12.1. The van der Waals surface area contributed by atoms with Gasteiger partial charge in [-0.2, -0.15) is 0 Å². The number of anilines is 3. The Morgan fingerprint density at radius 3 is 1.77 bits per heavy atom. The first-order valence-electron chi connectivity index (χ1n) is 19.7. The molecule has 0 bridgehead atoms. The fraction of sp³-hybridized carbons (Fsp3) is 0.111. The van der Waals surface area contributed by atoms with Crippen LogP contribution in [-0.4, -0.2) is 0 Å². The Labute approximate surface area is 333 Å². The summed E-state index contributed by atoms with van der Waals surface area (Å²) < 4.78 is 2.67. The van der Waals surface area contributed by atoms with Crippen LogP contribution in [0.15, 0.2) is 176 Å². The first-order valence-corrected chi connectivity index (χ1v) is 20.5. The van der Waals surface area contributed by atoms with E-state index in [1.807, 2.05) is 11.3 Å². The monoisotopic (exact) mass is 735 g/mol. The molecule has 0 N–H and O–H groups in total. The zero-order valence-electron chi connectivity index (χ0n) is 32.1. The van der Waals surface area contributed by atoms with Crippen molar-refractivity contribution in [2.75, 3.05) is 4.90 Å². The van der Waals surface area contributed by atoms with Crippen LogP contribution in [0, 0.1) is 0 Å². The highest BCUT2D eigenvalue weighted by atomic mass is 32.1. The lowest BCUT2D eigenvalue weighted by Gasteiger charge is -2.29. The fourth-order valence-corrected chi connectivity index (χ4v) is 11.2. The Kier molecular flexibility index (Phi) is 7.18. The average Bonchev–Trinajstić information content (AvgIpc) is 3.81. The van der Waals surface area contributed by atoms with Crippen LogP contribution in [0.1, 0.15) is 49.9 Å². The van der Waals surface area contributed by atoms with Crippen LogP contribution in [0.2, 0.25) is 0 Å². The summed E-state index contributed by atoms with van der Waals surface area (Å²) in [5.74, 6) is 0. The molecule has 0 aliphatic heterocycles. The van der Waals surface area contributed by atoms with Crippen molar-refractivity contribution in [1.29, 1.82) is 0 Å². The Balaban J connectivity index is 1.07. The molecule has 1 aromatic heterocycles. The van der Waals surface area contributed by atoms with Crippen LogP contribution in [0.25, 0.3) is 64.7 Å². The molecule has 2 heteroatoms. The van der Waals surface area contributed by atoms with Gasteiger partial charge in [0, 0.05) is 48.1 Å². The van der Waals surface area contributed by atoms with Crippen molar-refractivity contribution < 1.29 is 0 Å². The molecule has 0 saturated carbocycles. The number of hydrogen-bond donors (Lipinski definition) is 0. The van der Waals surface area contributed by atoms with Gasteiger partial charge in [-0.15, -0.1) is 11.3 Å². The largest absolute Gasteiger partial charge is 0.310 e. The van der Waals surface area contributed by atoms with E-state index >= 15 is 0 Å². The number of fused-ring (bicyclic) bond motifs is 9. The van der Waals surface area contributed by atoms with E-state index in [-0.39, 0.29) is 10.8 Å². The lowest BCUT2D eigenvalue weighted by atomic mass is 9.79. The van der Waals surface area contributed by atoms with E-state index in [1.165, 1.54) is 86.9 Å². The summed E-state index contributed by atoms with van der Waals surface area (Å²) in [5.41, 5.74) is 19.2. The fourth-order valence-electron chi connectivity index (χ4n) is 9.94. The van der Waals surface area contributed by atoms with Gasteiger partial charge in [0.15, 0.2) is 0 Å². The molecule has 1 nitrogen and oxygen atoms in total. The third kappa shape index (κ3) is 4.79. The molecule has 0 atom stereocenters. The molecule has 0 amide bonds. The maximum atomic E-state index is 2.45.